The van der Waals surface area contributed by atoms with Gasteiger partial charge in [-0.2, -0.15) is 0 Å². The number of carbonyl (C=O) groups excluding carboxylic acids is 2. The van der Waals surface area contributed by atoms with Crippen molar-refractivity contribution in [2.45, 2.75) is 13.5 Å². The molecule has 0 aromatic heterocycles. The fourth-order valence-electron chi connectivity index (χ4n) is 2.48. The van der Waals surface area contributed by atoms with Crippen LogP contribution in [0.2, 0.25) is 5.02 Å². The number of carbonyl (C=O) groups is 2. The maximum atomic E-state index is 12.1. The molecule has 0 bridgehead atoms. The van der Waals surface area contributed by atoms with Gasteiger partial charge in [0.15, 0.2) is 0 Å². The van der Waals surface area contributed by atoms with Crippen molar-refractivity contribution >= 4 is 34.8 Å². The SMILES string of the molecule is Cc1cccc(NC(=O)C(=O)Nc2ccc(OCc3ccc(Cl)cc3)cc2)c1. The monoisotopic (exact) mass is 394 g/mol. The number of hydrogen-bond acceptors (Lipinski definition) is 3. The highest BCUT2D eigenvalue weighted by molar-refractivity contribution is 6.43. The molecule has 2 amide bonds. The van der Waals surface area contributed by atoms with Crippen molar-refractivity contribution in [2.24, 2.45) is 0 Å². The number of rotatable bonds is 5. The maximum absolute atomic E-state index is 12.1. The molecule has 0 radical (unpaired) electrons. The summed E-state index contributed by atoms with van der Waals surface area (Å²) in [7, 11) is 0. The van der Waals surface area contributed by atoms with Gasteiger partial charge in [-0.3, -0.25) is 9.59 Å². The first-order chi connectivity index (χ1) is 13.5. The van der Waals surface area contributed by atoms with E-state index >= 15 is 0 Å². The second kappa shape index (κ2) is 9.06. The van der Waals surface area contributed by atoms with Gasteiger partial charge in [-0.1, -0.05) is 35.9 Å². The summed E-state index contributed by atoms with van der Waals surface area (Å²) in [6, 6.07) is 21.4. The Morgan fingerprint density at radius 3 is 2.14 bits per heavy atom. The van der Waals surface area contributed by atoms with Crippen molar-refractivity contribution in [3.63, 3.8) is 0 Å². The van der Waals surface area contributed by atoms with Crippen molar-refractivity contribution in [3.8, 4) is 5.75 Å². The van der Waals surface area contributed by atoms with Crippen LogP contribution >= 0.6 is 11.6 Å². The smallest absolute Gasteiger partial charge is 0.314 e. The molecule has 6 heteroatoms. The minimum atomic E-state index is -0.740. The van der Waals surface area contributed by atoms with E-state index in [9.17, 15) is 9.59 Å². The zero-order valence-electron chi connectivity index (χ0n) is 15.2. The maximum Gasteiger partial charge on any atom is 0.314 e. The molecule has 0 saturated carbocycles. The Hall–Kier alpha value is -3.31. The lowest BCUT2D eigenvalue weighted by Gasteiger charge is -2.09. The van der Waals surface area contributed by atoms with Crippen LogP contribution in [0.25, 0.3) is 0 Å². The van der Waals surface area contributed by atoms with Crippen LogP contribution in [-0.4, -0.2) is 11.8 Å². The van der Waals surface area contributed by atoms with E-state index in [-0.39, 0.29) is 0 Å². The third-order valence-corrected chi connectivity index (χ3v) is 4.17. The molecule has 0 spiro atoms. The molecule has 0 aliphatic carbocycles. The standard InChI is InChI=1S/C22H19ClN2O3/c1-15-3-2-4-19(13-15)25-22(27)21(26)24-18-9-11-20(12-10-18)28-14-16-5-7-17(23)8-6-16/h2-13H,14H2,1H3,(H,24,26)(H,25,27). The summed E-state index contributed by atoms with van der Waals surface area (Å²) in [6.45, 7) is 2.31. The van der Waals surface area contributed by atoms with Gasteiger partial charge < -0.3 is 15.4 Å². The highest BCUT2D eigenvalue weighted by Crippen LogP contribution is 2.18. The molecule has 2 N–H and O–H groups in total. The fraction of sp³-hybridized carbons (Fsp3) is 0.0909. The van der Waals surface area contributed by atoms with Gasteiger partial charge in [0.2, 0.25) is 0 Å². The molecular formula is C22H19ClN2O3. The number of halogens is 1. The van der Waals surface area contributed by atoms with Crippen LogP contribution in [0.4, 0.5) is 11.4 Å². The summed E-state index contributed by atoms with van der Waals surface area (Å²) in [5, 5.41) is 5.81. The first kappa shape index (κ1) is 19.5. The van der Waals surface area contributed by atoms with Gasteiger partial charge in [0.25, 0.3) is 0 Å². The molecular weight excluding hydrogens is 376 g/mol. The normalized spacial score (nSPS) is 10.2. The van der Waals surface area contributed by atoms with Gasteiger partial charge in [-0.25, -0.2) is 0 Å². The Labute approximate surface area is 168 Å². The third-order valence-electron chi connectivity index (χ3n) is 3.91. The second-order valence-electron chi connectivity index (χ2n) is 6.22. The fourth-order valence-corrected chi connectivity index (χ4v) is 2.61. The Balaban J connectivity index is 1.52. The predicted octanol–water partition coefficient (Wildman–Crippen LogP) is 4.80. The largest absolute Gasteiger partial charge is 0.489 e. The molecule has 0 atom stereocenters. The molecule has 3 aromatic carbocycles. The Morgan fingerprint density at radius 1 is 0.857 bits per heavy atom. The van der Waals surface area contributed by atoms with Crippen LogP contribution in [0.3, 0.4) is 0 Å². The van der Waals surface area contributed by atoms with E-state index in [0.717, 1.165) is 11.1 Å². The van der Waals surface area contributed by atoms with Crippen LogP contribution in [0.15, 0.2) is 72.8 Å². The lowest BCUT2D eigenvalue weighted by molar-refractivity contribution is -0.132. The highest BCUT2D eigenvalue weighted by atomic mass is 35.5. The van der Waals surface area contributed by atoms with Gasteiger partial charge in [-0.15, -0.1) is 0 Å². The zero-order chi connectivity index (χ0) is 19.9. The van der Waals surface area contributed by atoms with Gasteiger partial charge >= 0.3 is 11.8 Å². The van der Waals surface area contributed by atoms with E-state index in [0.29, 0.717) is 28.8 Å². The summed E-state index contributed by atoms with van der Waals surface area (Å²) < 4.78 is 5.69. The molecule has 0 heterocycles. The van der Waals surface area contributed by atoms with E-state index in [2.05, 4.69) is 10.6 Å². The van der Waals surface area contributed by atoms with Crippen molar-refractivity contribution in [1.29, 1.82) is 0 Å². The summed E-state index contributed by atoms with van der Waals surface area (Å²) in [5.74, 6) is -0.817. The van der Waals surface area contributed by atoms with E-state index in [4.69, 9.17) is 16.3 Å². The summed E-state index contributed by atoms with van der Waals surface area (Å²) >= 11 is 5.86. The summed E-state index contributed by atoms with van der Waals surface area (Å²) in [4.78, 5) is 24.1. The number of anilines is 2. The predicted molar refractivity (Wildman–Crippen MR) is 111 cm³/mol. The number of amides is 2. The Kier molecular flexibility index (Phi) is 6.29. The molecule has 142 valence electrons. The molecule has 0 unspecified atom stereocenters. The number of nitrogens with one attached hydrogen (secondary N) is 2. The molecule has 0 fully saturated rings. The average molecular weight is 395 g/mol. The van der Waals surface area contributed by atoms with E-state index in [1.54, 1.807) is 48.5 Å². The van der Waals surface area contributed by atoms with E-state index < -0.39 is 11.8 Å². The zero-order valence-corrected chi connectivity index (χ0v) is 16.0. The first-order valence-corrected chi connectivity index (χ1v) is 9.04. The first-order valence-electron chi connectivity index (χ1n) is 8.66. The quantitative estimate of drug-likeness (QED) is 0.610. The van der Waals surface area contributed by atoms with Gasteiger partial charge in [0.1, 0.15) is 12.4 Å². The molecule has 0 aliphatic heterocycles. The number of aryl methyl sites for hydroxylation is 1. The van der Waals surface area contributed by atoms with Crippen molar-refractivity contribution < 1.29 is 14.3 Å². The van der Waals surface area contributed by atoms with Crippen molar-refractivity contribution in [2.75, 3.05) is 10.6 Å². The molecule has 3 rings (SSSR count). The Morgan fingerprint density at radius 2 is 1.50 bits per heavy atom. The number of hydrogen-bond donors (Lipinski definition) is 2. The molecule has 0 saturated heterocycles. The Bertz CT molecular complexity index is 970. The van der Waals surface area contributed by atoms with Crippen LogP contribution in [-0.2, 0) is 16.2 Å². The topological polar surface area (TPSA) is 67.4 Å². The molecule has 0 aliphatic rings. The third kappa shape index (κ3) is 5.59. The highest BCUT2D eigenvalue weighted by Gasteiger charge is 2.14. The lowest BCUT2D eigenvalue weighted by atomic mass is 10.2. The van der Waals surface area contributed by atoms with Crippen LogP contribution < -0.4 is 15.4 Å². The summed E-state index contributed by atoms with van der Waals surface area (Å²) in [6.07, 6.45) is 0. The van der Waals surface area contributed by atoms with Crippen molar-refractivity contribution in [3.05, 3.63) is 88.9 Å². The van der Waals surface area contributed by atoms with Gasteiger partial charge in [0, 0.05) is 16.4 Å². The van der Waals surface area contributed by atoms with E-state index in [1.807, 2.05) is 31.2 Å². The second-order valence-corrected chi connectivity index (χ2v) is 6.65. The van der Waals surface area contributed by atoms with Gasteiger partial charge in [-0.05, 0) is 66.6 Å². The van der Waals surface area contributed by atoms with Crippen LogP contribution in [0, 0.1) is 6.92 Å². The molecule has 5 nitrogen and oxygen atoms in total. The number of ether oxygens (including phenoxy) is 1. The number of benzene rings is 3. The van der Waals surface area contributed by atoms with Crippen LogP contribution in [0.5, 0.6) is 5.75 Å². The van der Waals surface area contributed by atoms with Gasteiger partial charge in [0.05, 0.1) is 0 Å². The average Bonchev–Trinajstić information content (AvgIpc) is 2.68. The molecule has 3 aromatic rings. The molecule has 28 heavy (non-hydrogen) atoms. The lowest BCUT2D eigenvalue weighted by Crippen LogP contribution is -2.29. The summed E-state index contributed by atoms with van der Waals surface area (Å²) in [5.41, 5.74) is 3.07. The van der Waals surface area contributed by atoms with E-state index in [1.165, 1.54) is 0 Å². The van der Waals surface area contributed by atoms with Crippen molar-refractivity contribution in [1.82, 2.24) is 0 Å². The minimum absolute atomic E-state index is 0.405. The minimum Gasteiger partial charge on any atom is -0.489 e. The van der Waals surface area contributed by atoms with Crippen LogP contribution in [0.1, 0.15) is 11.1 Å².